The lowest BCUT2D eigenvalue weighted by atomic mass is 10.2. The van der Waals surface area contributed by atoms with Crippen LogP contribution in [0, 0.1) is 0 Å². The highest BCUT2D eigenvalue weighted by molar-refractivity contribution is 5.96. The Kier molecular flexibility index (Phi) is 6.73. The molecular formula is C20H28N4O4. The van der Waals surface area contributed by atoms with E-state index < -0.39 is 0 Å². The van der Waals surface area contributed by atoms with Crippen LogP contribution in [0.3, 0.4) is 0 Å². The predicted octanol–water partition coefficient (Wildman–Crippen LogP) is 1.50. The Morgan fingerprint density at radius 3 is 2.68 bits per heavy atom. The summed E-state index contributed by atoms with van der Waals surface area (Å²) in [6.07, 6.45) is 2.56. The van der Waals surface area contributed by atoms with Gasteiger partial charge in [0.1, 0.15) is 5.75 Å². The van der Waals surface area contributed by atoms with Gasteiger partial charge in [0.15, 0.2) is 0 Å². The van der Waals surface area contributed by atoms with Crippen molar-refractivity contribution < 1.29 is 19.1 Å². The quantitative estimate of drug-likeness (QED) is 0.661. The van der Waals surface area contributed by atoms with Gasteiger partial charge in [-0.1, -0.05) is 0 Å². The van der Waals surface area contributed by atoms with E-state index in [0.717, 1.165) is 30.8 Å². The molecule has 8 heteroatoms. The van der Waals surface area contributed by atoms with Gasteiger partial charge in [-0.15, -0.1) is 0 Å². The molecule has 0 spiro atoms. The summed E-state index contributed by atoms with van der Waals surface area (Å²) in [4.78, 5) is 39.4. The van der Waals surface area contributed by atoms with Crippen LogP contribution in [0.4, 0.5) is 10.5 Å². The van der Waals surface area contributed by atoms with Crippen LogP contribution < -0.4 is 20.3 Å². The predicted molar refractivity (Wildman–Crippen MR) is 105 cm³/mol. The van der Waals surface area contributed by atoms with Crippen molar-refractivity contribution in [1.29, 1.82) is 0 Å². The number of benzene rings is 1. The van der Waals surface area contributed by atoms with Gasteiger partial charge in [-0.2, -0.15) is 0 Å². The lowest BCUT2D eigenvalue weighted by molar-refractivity contribution is -0.127. The second-order valence-corrected chi connectivity index (χ2v) is 7.07. The minimum Gasteiger partial charge on any atom is -0.494 e. The molecular weight excluding hydrogens is 360 g/mol. The van der Waals surface area contributed by atoms with Gasteiger partial charge in [0.2, 0.25) is 11.8 Å². The van der Waals surface area contributed by atoms with Gasteiger partial charge in [-0.25, -0.2) is 4.79 Å². The number of carbonyl (C=O) groups is 3. The molecule has 4 amide bonds. The van der Waals surface area contributed by atoms with Crippen molar-refractivity contribution in [3.05, 3.63) is 24.3 Å². The van der Waals surface area contributed by atoms with E-state index in [-0.39, 0.29) is 30.3 Å². The first-order valence-corrected chi connectivity index (χ1v) is 9.92. The molecule has 1 atom stereocenters. The smallest absolute Gasteiger partial charge is 0.315 e. The molecule has 8 nitrogen and oxygen atoms in total. The van der Waals surface area contributed by atoms with Gasteiger partial charge < -0.3 is 25.2 Å². The van der Waals surface area contributed by atoms with Gasteiger partial charge in [0.05, 0.1) is 12.6 Å². The van der Waals surface area contributed by atoms with Crippen molar-refractivity contribution in [2.75, 3.05) is 37.7 Å². The topological polar surface area (TPSA) is 91.0 Å². The van der Waals surface area contributed by atoms with E-state index in [1.165, 1.54) is 0 Å². The van der Waals surface area contributed by atoms with E-state index in [2.05, 4.69) is 10.6 Å². The maximum atomic E-state index is 12.3. The van der Waals surface area contributed by atoms with Gasteiger partial charge >= 0.3 is 6.03 Å². The third kappa shape index (κ3) is 5.15. The zero-order valence-electron chi connectivity index (χ0n) is 16.3. The third-order valence-corrected chi connectivity index (χ3v) is 4.98. The second-order valence-electron chi connectivity index (χ2n) is 7.07. The molecule has 2 fully saturated rings. The molecule has 0 radical (unpaired) electrons. The van der Waals surface area contributed by atoms with Crippen LogP contribution in [-0.4, -0.2) is 61.6 Å². The minimum atomic E-state index is -0.279. The summed E-state index contributed by atoms with van der Waals surface area (Å²) < 4.78 is 5.42. The Labute approximate surface area is 165 Å². The van der Waals surface area contributed by atoms with Crippen LogP contribution in [0.1, 0.15) is 32.6 Å². The Bertz CT molecular complexity index is 707. The van der Waals surface area contributed by atoms with E-state index in [9.17, 15) is 14.4 Å². The summed E-state index contributed by atoms with van der Waals surface area (Å²) in [5.74, 6) is 0.952. The van der Waals surface area contributed by atoms with Crippen molar-refractivity contribution in [3.8, 4) is 5.75 Å². The molecule has 0 saturated carbocycles. The Morgan fingerprint density at radius 2 is 2.00 bits per heavy atom. The SMILES string of the molecule is CCOc1ccc(N2C[C@@H](NC(=O)NCCCN3CCCC3=O)CC2=O)cc1. The summed E-state index contributed by atoms with van der Waals surface area (Å²) >= 11 is 0. The number of hydrogen-bond donors (Lipinski definition) is 2. The van der Waals surface area contributed by atoms with E-state index in [0.29, 0.717) is 32.7 Å². The minimum absolute atomic E-state index is 0.0120. The van der Waals surface area contributed by atoms with Crippen molar-refractivity contribution in [2.24, 2.45) is 0 Å². The van der Waals surface area contributed by atoms with Crippen LogP contribution in [-0.2, 0) is 9.59 Å². The van der Waals surface area contributed by atoms with Gasteiger partial charge in [-0.3, -0.25) is 9.59 Å². The molecule has 0 bridgehead atoms. The first-order valence-electron chi connectivity index (χ1n) is 9.92. The number of amides is 4. The van der Waals surface area contributed by atoms with E-state index in [4.69, 9.17) is 4.74 Å². The fraction of sp³-hybridized carbons (Fsp3) is 0.550. The number of rotatable bonds is 8. The molecule has 3 rings (SSSR count). The second kappa shape index (κ2) is 9.43. The first-order chi connectivity index (χ1) is 13.6. The van der Waals surface area contributed by atoms with Crippen LogP contribution in [0.25, 0.3) is 0 Å². The van der Waals surface area contributed by atoms with Crippen LogP contribution in [0.2, 0.25) is 0 Å². The molecule has 1 aromatic carbocycles. The monoisotopic (exact) mass is 388 g/mol. The van der Waals surface area contributed by atoms with Gasteiger partial charge in [0, 0.05) is 44.7 Å². The van der Waals surface area contributed by atoms with E-state index in [1.807, 2.05) is 36.1 Å². The van der Waals surface area contributed by atoms with Gasteiger partial charge in [-0.05, 0) is 44.0 Å². The van der Waals surface area contributed by atoms with Crippen molar-refractivity contribution in [2.45, 2.75) is 38.6 Å². The normalized spacial score (nSPS) is 19.2. The molecule has 2 saturated heterocycles. The number of anilines is 1. The van der Waals surface area contributed by atoms with Gasteiger partial charge in [0.25, 0.3) is 0 Å². The largest absolute Gasteiger partial charge is 0.494 e. The average Bonchev–Trinajstić information content (AvgIpc) is 3.25. The summed E-state index contributed by atoms with van der Waals surface area (Å²) in [5.41, 5.74) is 0.799. The highest BCUT2D eigenvalue weighted by Crippen LogP contribution is 2.24. The van der Waals surface area contributed by atoms with E-state index >= 15 is 0 Å². The Morgan fingerprint density at radius 1 is 1.21 bits per heavy atom. The highest BCUT2D eigenvalue weighted by atomic mass is 16.5. The van der Waals surface area contributed by atoms with Crippen molar-refractivity contribution in [3.63, 3.8) is 0 Å². The molecule has 1 aromatic rings. The van der Waals surface area contributed by atoms with Crippen molar-refractivity contribution >= 4 is 23.5 Å². The lowest BCUT2D eigenvalue weighted by Crippen LogP contribution is -2.44. The zero-order chi connectivity index (χ0) is 19.9. The average molecular weight is 388 g/mol. The highest BCUT2D eigenvalue weighted by Gasteiger charge is 2.31. The molecule has 2 aliphatic heterocycles. The molecule has 0 aliphatic carbocycles. The first kappa shape index (κ1) is 20.0. The lowest BCUT2D eigenvalue weighted by Gasteiger charge is -2.18. The number of likely N-dealkylation sites (tertiary alicyclic amines) is 1. The molecule has 2 heterocycles. The number of hydrogen-bond acceptors (Lipinski definition) is 4. The zero-order valence-corrected chi connectivity index (χ0v) is 16.3. The van der Waals surface area contributed by atoms with Crippen molar-refractivity contribution in [1.82, 2.24) is 15.5 Å². The molecule has 0 aromatic heterocycles. The summed E-state index contributed by atoms with van der Waals surface area (Å²) in [7, 11) is 0. The molecule has 2 N–H and O–H groups in total. The molecule has 2 aliphatic rings. The fourth-order valence-electron chi connectivity index (χ4n) is 3.59. The standard InChI is InChI=1S/C20H28N4O4/c1-2-28-17-8-6-16(7-9-17)24-14-15(13-19(24)26)22-20(27)21-10-4-12-23-11-3-5-18(23)25/h6-9,15H,2-5,10-14H2,1H3,(H2,21,22,27)/t15-/m0/s1. The van der Waals surface area contributed by atoms with Crippen LogP contribution in [0.15, 0.2) is 24.3 Å². The number of carbonyl (C=O) groups excluding carboxylic acids is 3. The summed E-state index contributed by atoms with van der Waals surface area (Å²) in [6, 6.07) is 6.88. The third-order valence-electron chi connectivity index (χ3n) is 4.98. The summed E-state index contributed by atoms with van der Waals surface area (Å²) in [5, 5.41) is 5.67. The number of nitrogens with one attached hydrogen (secondary N) is 2. The molecule has 0 unspecified atom stereocenters. The molecule has 28 heavy (non-hydrogen) atoms. The number of nitrogens with zero attached hydrogens (tertiary/aromatic N) is 2. The van der Waals surface area contributed by atoms with Crippen LogP contribution in [0.5, 0.6) is 5.75 Å². The number of urea groups is 1. The summed E-state index contributed by atoms with van der Waals surface area (Å²) in [6.45, 7) is 4.95. The Balaban J connectivity index is 1.39. The maximum absolute atomic E-state index is 12.3. The maximum Gasteiger partial charge on any atom is 0.315 e. The van der Waals surface area contributed by atoms with Crippen LogP contribution >= 0.6 is 0 Å². The Hall–Kier alpha value is -2.77. The fourth-order valence-corrected chi connectivity index (χ4v) is 3.59. The van der Waals surface area contributed by atoms with E-state index in [1.54, 1.807) is 4.90 Å². The molecule has 152 valence electrons. The number of ether oxygens (including phenoxy) is 1.